The molecular formula is C20H19F2NO5S. The summed E-state index contributed by atoms with van der Waals surface area (Å²) in [6, 6.07) is 13.0. The van der Waals surface area contributed by atoms with E-state index in [1.165, 1.54) is 12.1 Å². The maximum absolute atomic E-state index is 12.6. The number of ether oxygens (including phenoxy) is 1. The molecule has 0 unspecified atom stereocenters. The normalized spacial score (nSPS) is 11.7. The minimum Gasteiger partial charge on any atom is -0.451 e. The minimum atomic E-state index is -3.38. The van der Waals surface area contributed by atoms with Crippen molar-refractivity contribution in [1.29, 1.82) is 0 Å². The Hall–Kier alpha value is -2.94. The fourth-order valence-corrected chi connectivity index (χ4v) is 3.74. The summed E-state index contributed by atoms with van der Waals surface area (Å²) in [4.78, 5) is 12.6. The summed E-state index contributed by atoms with van der Waals surface area (Å²) in [5, 5.41) is 3.28. The van der Waals surface area contributed by atoms with Crippen LogP contribution >= 0.6 is 0 Å². The van der Waals surface area contributed by atoms with E-state index < -0.39 is 22.4 Å². The van der Waals surface area contributed by atoms with Crippen LogP contribution in [0.5, 0.6) is 5.75 Å². The SMILES string of the molecule is CS(=O)(=O)Cc1c(C(=O)NCCc2ccc(OC(F)F)cc2)oc2ccccc12. The lowest BCUT2D eigenvalue weighted by atomic mass is 10.1. The van der Waals surface area contributed by atoms with E-state index in [0.29, 0.717) is 23.0 Å². The number of furan rings is 1. The molecule has 1 amide bonds. The molecule has 2 aromatic carbocycles. The van der Waals surface area contributed by atoms with Crippen LogP contribution in [-0.4, -0.2) is 33.7 Å². The molecule has 0 saturated carbocycles. The molecule has 9 heteroatoms. The molecule has 1 N–H and O–H groups in total. The lowest BCUT2D eigenvalue weighted by Gasteiger charge is -2.07. The maximum atomic E-state index is 12.6. The van der Waals surface area contributed by atoms with Crippen molar-refractivity contribution in [3.8, 4) is 5.75 Å². The average Bonchev–Trinajstić information content (AvgIpc) is 3.00. The van der Waals surface area contributed by atoms with Gasteiger partial charge in [-0.15, -0.1) is 0 Å². The molecular weight excluding hydrogens is 404 g/mol. The van der Waals surface area contributed by atoms with Gasteiger partial charge in [0.15, 0.2) is 15.6 Å². The summed E-state index contributed by atoms with van der Waals surface area (Å²) >= 11 is 0. The van der Waals surface area contributed by atoms with Crippen molar-refractivity contribution in [2.45, 2.75) is 18.8 Å². The van der Waals surface area contributed by atoms with Gasteiger partial charge in [0, 0.05) is 23.8 Å². The quantitative estimate of drug-likeness (QED) is 0.599. The molecule has 0 spiro atoms. The lowest BCUT2D eigenvalue weighted by Crippen LogP contribution is -2.26. The number of carbonyl (C=O) groups excluding carboxylic acids is 1. The van der Waals surface area contributed by atoms with Crippen LogP contribution < -0.4 is 10.1 Å². The topological polar surface area (TPSA) is 85.6 Å². The van der Waals surface area contributed by atoms with Crippen LogP contribution in [-0.2, 0) is 22.0 Å². The van der Waals surface area contributed by atoms with Crippen molar-refractivity contribution in [2.24, 2.45) is 0 Å². The molecule has 0 aliphatic carbocycles. The number of halogens is 2. The van der Waals surface area contributed by atoms with Crippen LogP contribution in [0.2, 0.25) is 0 Å². The second-order valence-corrected chi connectivity index (χ2v) is 8.64. The molecule has 0 bridgehead atoms. The van der Waals surface area contributed by atoms with Crippen molar-refractivity contribution in [3.63, 3.8) is 0 Å². The third-order valence-corrected chi connectivity index (χ3v) is 4.97. The zero-order chi connectivity index (χ0) is 21.0. The van der Waals surface area contributed by atoms with E-state index in [1.807, 2.05) is 0 Å². The number of rotatable bonds is 8. The Balaban J connectivity index is 1.69. The van der Waals surface area contributed by atoms with Gasteiger partial charge in [-0.1, -0.05) is 30.3 Å². The number of amides is 1. The molecule has 0 saturated heterocycles. The molecule has 6 nitrogen and oxygen atoms in total. The predicted molar refractivity (Wildman–Crippen MR) is 104 cm³/mol. The van der Waals surface area contributed by atoms with E-state index in [0.717, 1.165) is 11.8 Å². The first kappa shape index (κ1) is 20.8. The average molecular weight is 423 g/mol. The standard InChI is InChI=1S/C20H19F2NO5S/c1-29(25,26)12-16-15-4-2-3-5-17(15)28-18(16)19(24)23-11-10-13-6-8-14(9-7-13)27-20(21)22/h2-9,20H,10-12H2,1H3,(H,23,24). The number of fused-ring (bicyclic) bond motifs is 1. The highest BCUT2D eigenvalue weighted by molar-refractivity contribution is 7.89. The second-order valence-electron chi connectivity index (χ2n) is 6.50. The van der Waals surface area contributed by atoms with Gasteiger partial charge in [-0.2, -0.15) is 8.78 Å². The van der Waals surface area contributed by atoms with Gasteiger partial charge in [-0.3, -0.25) is 4.79 Å². The summed E-state index contributed by atoms with van der Waals surface area (Å²) in [5.74, 6) is -0.798. The molecule has 1 aromatic heterocycles. The molecule has 154 valence electrons. The Morgan fingerprint density at radius 1 is 1.14 bits per heavy atom. The Morgan fingerprint density at radius 3 is 2.48 bits per heavy atom. The van der Waals surface area contributed by atoms with Crippen LogP contribution in [0.25, 0.3) is 11.0 Å². The van der Waals surface area contributed by atoms with E-state index in [4.69, 9.17) is 4.42 Å². The fourth-order valence-electron chi connectivity index (χ4n) is 2.93. The summed E-state index contributed by atoms with van der Waals surface area (Å²) in [7, 11) is -3.38. The molecule has 29 heavy (non-hydrogen) atoms. The minimum absolute atomic E-state index is 0.0303. The summed E-state index contributed by atoms with van der Waals surface area (Å²) in [6.45, 7) is -2.63. The van der Waals surface area contributed by atoms with Gasteiger partial charge in [-0.25, -0.2) is 8.42 Å². The summed E-state index contributed by atoms with van der Waals surface area (Å²) in [5.41, 5.74) is 1.58. The molecule has 0 aliphatic rings. The van der Waals surface area contributed by atoms with Gasteiger partial charge in [0.25, 0.3) is 5.91 Å². The number of hydrogen-bond acceptors (Lipinski definition) is 5. The van der Waals surface area contributed by atoms with E-state index in [1.54, 1.807) is 36.4 Å². The van der Waals surface area contributed by atoms with Gasteiger partial charge in [0.05, 0.1) is 5.75 Å². The molecule has 0 aliphatic heterocycles. The lowest BCUT2D eigenvalue weighted by molar-refractivity contribution is -0.0498. The van der Waals surface area contributed by atoms with E-state index >= 15 is 0 Å². The molecule has 3 rings (SSSR count). The number of hydrogen-bond donors (Lipinski definition) is 1. The van der Waals surface area contributed by atoms with Crippen LogP contribution in [0.4, 0.5) is 8.78 Å². The third-order valence-electron chi connectivity index (χ3n) is 4.16. The van der Waals surface area contributed by atoms with Crippen LogP contribution in [0.1, 0.15) is 21.7 Å². The number of carbonyl (C=O) groups is 1. The van der Waals surface area contributed by atoms with Crippen molar-refractivity contribution in [1.82, 2.24) is 5.32 Å². The second kappa shape index (κ2) is 8.60. The monoisotopic (exact) mass is 423 g/mol. The number of sulfone groups is 1. The van der Waals surface area contributed by atoms with Crippen LogP contribution in [0, 0.1) is 0 Å². The highest BCUT2D eigenvalue weighted by atomic mass is 32.2. The van der Waals surface area contributed by atoms with Crippen molar-refractivity contribution < 1.29 is 31.1 Å². The molecule has 0 atom stereocenters. The van der Waals surface area contributed by atoms with Gasteiger partial charge in [0.1, 0.15) is 11.3 Å². The Morgan fingerprint density at radius 2 is 1.83 bits per heavy atom. The van der Waals surface area contributed by atoms with E-state index in [2.05, 4.69) is 10.1 Å². The zero-order valence-electron chi connectivity index (χ0n) is 15.5. The molecule has 1 heterocycles. The smallest absolute Gasteiger partial charge is 0.387 e. The highest BCUT2D eigenvalue weighted by Crippen LogP contribution is 2.27. The Kier molecular flexibility index (Phi) is 6.17. The third kappa shape index (κ3) is 5.54. The van der Waals surface area contributed by atoms with Gasteiger partial charge in [-0.05, 0) is 30.2 Å². The number of nitrogens with one attached hydrogen (secondary N) is 1. The van der Waals surface area contributed by atoms with Gasteiger partial charge in [0.2, 0.25) is 0 Å². The Bertz CT molecular complexity index is 1110. The molecule has 0 radical (unpaired) electrons. The van der Waals surface area contributed by atoms with Crippen molar-refractivity contribution >= 4 is 26.7 Å². The van der Waals surface area contributed by atoms with Crippen LogP contribution in [0.3, 0.4) is 0 Å². The predicted octanol–water partition coefficient (Wildman–Crippen LogP) is 3.55. The summed E-state index contributed by atoms with van der Waals surface area (Å²) in [6.07, 6.45) is 1.54. The molecule has 3 aromatic rings. The van der Waals surface area contributed by atoms with E-state index in [-0.39, 0.29) is 23.8 Å². The first-order valence-electron chi connectivity index (χ1n) is 8.73. The number of benzene rings is 2. The zero-order valence-corrected chi connectivity index (χ0v) is 16.3. The fraction of sp³-hybridized carbons (Fsp3) is 0.250. The van der Waals surface area contributed by atoms with E-state index in [9.17, 15) is 22.0 Å². The highest BCUT2D eigenvalue weighted by Gasteiger charge is 2.23. The number of alkyl halides is 2. The largest absolute Gasteiger partial charge is 0.451 e. The first-order valence-corrected chi connectivity index (χ1v) is 10.8. The molecule has 0 fully saturated rings. The van der Waals surface area contributed by atoms with Gasteiger partial charge >= 0.3 is 6.61 Å². The van der Waals surface area contributed by atoms with Gasteiger partial charge < -0.3 is 14.5 Å². The van der Waals surface area contributed by atoms with Crippen LogP contribution in [0.15, 0.2) is 52.9 Å². The number of para-hydroxylation sites is 1. The van der Waals surface area contributed by atoms with Crippen molar-refractivity contribution in [3.05, 3.63) is 65.4 Å². The summed E-state index contributed by atoms with van der Waals surface area (Å²) < 4.78 is 57.8. The first-order chi connectivity index (χ1) is 13.7. The maximum Gasteiger partial charge on any atom is 0.387 e. The van der Waals surface area contributed by atoms with Crippen molar-refractivity contribution in [2.75, 3.05) is 12.8 Å². The Labute approximate surface area is 166 Å².